The zero-order valence-electron chi connectivity index (χ0n) is 15.6. The van der Waals surface area contributed by atoms with E-state index in [1.807, 2.05) is 0 Å². The first-order valence-corrected chi connectivity index (χ1v) is 10.1. The zero-order valence-corrected chi connectivity index (χ0v) is 16.5. The van der Waals surface area contributed by atoms with Gasteiger partial charge in [0.05, 0.1) is 13.2 Å². The van der Waals surface area contributed by atoms with Crippen molar-refractivity contribution >= 4 is 13.4 Å². The van der Waals surface area contributed by atoms with E-state index in [0.29, 0.717) is 13.0 Å². The zero-order chi connectivity index (χ0) is 23.0. The van der Waals surface area contributed by atoms with Gasteiger partial charge in [-0.05, 0) is 6.42 Å². The van der Waals surface area contributed by atoms with Gasteiger partial charge in [-0.15, -0.1) is 0 Å². The third kappa shape index (κ3) is 10.4. The van der Waals surface area contributed by atoms with Crippen LogP contribution in [0.15, 0.2) is 11.0 Å². The van der Waals surface area contributed by atoms with Gasteiger partial charge in [0.1, 0.15) is 6.35 Å². The molecular formula is C14H19F7N3O5P. The number of rotatable bonds is 12. The molecule has 0 amide bonds. The summed E-state index contributed by atoms with van der Waals surface area (Å²) in [6.07, 6.45) is -9.76. The smallest absolute Gasteiger partial charge is 0.367 e. The van der Waals surface area contributed by atoms with Gasteiger partial charge in [-0.3, -0.25) is 18.2 Å². The van der Waals surface area contributed by atoms with Crippen molar-refractivity contribution in [2.45, 2.75) is 32.2 Å². The van der Waals surface area contributed by atoms with Crippen LogP contribution in [0.25, 0.3) is 0 Å². The predicted molar refractivity (Wildman–Crippen MR) is 89.7 cm³/mol. The van der Waals surface area contributed by atoms with Crippen molar-refractivity contribution in [2.24, 2.45) is 0 Å². The van der Waals surface area contributed by atoms with E-state index >= 15 is 0 Å². The Kier molecular flexibility index (Phi) is 9.72. The molecule has 1 aromatic heterocycles. The van der Waals surface area contributed by atoms with E-state index in [1.165, 1.54) is 0 Å². The molecule has 16 heteroatoms. The predicted octanol–water partition coefficient (Wildman–Crippen LogP) is 3.53. The molecule has 1 rings (SSSR count). The lowest BCUT2D eigenvalue weighted by Gasteiger charge is -2.20. The summed E-state index contributed by atoms with van der Waals surface area (Å²) in [5.74, 6) is -1.14. The molecule has 0 spiro atoms. The minimum atomic E-state index is -4.97. The second-order valence-corrected chi connectivity index (χ2v) is 7.76. The lowest BCUT2D eigenvalue weighted by atomic mass is 10.4. The number of ether oxygens (including phenoxy) is 1. The molecule has 0 aliphatic carbocycles. The van der Waals surface area contributed by atoms with Crippen molar-refractivity contribution in [3.05, 3.63) is 22.5 Å². The fourth-order valence-electron chi connectivity index (χ4n) is 1.79. The number of hydrogen-bond acceptors (Lipinski definition) is 7. The maximum atomic E-state index is 13.9. The van der Waals surface area contributed by atoms with Crippen LogP contribution in [0.3, 0.4) is 0 Å². The van der Waals surface area contributed by atoms with Crippen LogP contribution in [-0.4, -0.2) is 54.6 Å². The number of aromatic nitrogens is 2. The molecule has 1 aromatic rings. The number of halogens is 7. The molecule has 0 aliphatic rings. The Morgan fingerprint density at radius 3 is 2.20 bits per heavy atom. The molecule has 1 N–H and O–H groups in total. The maximum Gasteiger partial charge on any atom is 0.412 e. The fourth-order valence-corrected chi connectivity index (χ4v) is 3.05. The highest BCUT2D eigenvalue weighted by Crippen LogP contribution is 2.50. The topological polar surface area (TPSA) is 91.7 Å². The average molecular weight is 473 g/mol. The molecule has 8 nitrogen and oxygen atoms in total. The van der Waals surface area contributed by atoms with E-state index in [0.717, 1.165) is 10.8 Å². The van der Waals surface area contributed by atoms with Gasteiger partial charge in [-0.2, -0.15) is 31.3 Å². The standard InChI is InChI=1S/C14H19F7N3O5P/c1-2-3-22-11-10(15)6-24(12(25)23-11)4-5-27-9-30(26,28-7-13(16,17)18)29-8-14(19,20)21/h6H,2-5,7-9H2,1H3,(H,22,23,25). The van der Waals surface area contributed by atoms with Crippen LogP contribution in [0.1, 0.15) is 13.3 Å². The molecule has 0 saturated carbocycles. The van der Waals surface area contributed by atoms with Crippen molar-refractivity contribution in [2.75, 3.05) is 38.0 Å². The van der Waals surface area contributed by atoms with E-state index in [9.17, 15) is 40.1 Å². The summed E-state index contributed by atoms with van der Waals surface area (Å²) in [6, 6.07) is 0. The Morgan fingerprint density at radius 1 is 1.13 bits per heavy atom. The molecule has 1 heterocycles. The first-order chi connectivity index (χ1) is 13.7. The SMILES string of the molecule is CCCNc1nc(=O)n(CCOCP(=O)(OCC(F)(F)F)OCC(F)(F)F)cc1F. The number of nitrogens with zero attached hydrogens (tertiary/aromatic N) is 2. The number of nitrogens with one attached hydrogen (secondary N) is 1. The summed E-state index contributed by atoms with van der Waals surface area (Å²) in [7, 11) is -4.92. The Balaban J connectivity index is 2.68. The maximum absolute atomic E-state index is 13.9. The van der Waals surface area contributed by atoms with E-state index in [4.69, 9.17) is 4.74 Å². The van der Waals surface area contributed by atoms with Gasteiger partial charge < -0.3 is 10.1 Å². The second kappa shape index (κ2) is 11.1. The third-order valence-electron chi connectivity index (χ3n) is 3.07. The molecule has 0 bridgehead atoms. The molecular weight excluding hydrogens is 454 g/mol. The van der Waals surface area contributed by atoms with Gasteiger partial charge in [0.25, 0.3) is 0 Å². The average Bonchev–Trinajstić information content (AvgIpc) is 2.62. The van der Waals surface area contributed by atoms with Gasteiger partial charge in [0, 0.05) is 12.7 Å². The van der Waals surface area contributed by atoms with Gasteiger partial charge in [0.2, 0.25) is 0 Å². The minimum Gasteiger partial charge on any atom is -0.367 e. The monoisotopic (exact) mass is 473 g/mol. The highest BCUT2D eigenvalue weighted by Gasteiger charge is 2.38. The van der Waals surface area contributed by atoms with E-state index in [2.05, 4.69) is 19.3 Å². The number of hydrogen-bond donors (Lipinski definition) is 1. The molecule has 0 fully saturated rings. The van der Waals surface area contributed by atoms with Gasteiger partial charge in [-0.25, -0.2) is 9.18 Å². The molecule has 0 aromatic carbocycles. The van der Waals surface area contributed by atoms with Crippen molar-refractivity contribution in [3.63, 3.8) is 0 Å². The molecule has 0 unspecified atom stereocenters. The van der Waals surface area contributed by atoms with E-state index in [-0.39, 0.29) is 12.4 Å². The summed E-state index contributed by atoms with van der Waals surface area (Å²) in [4.78, 5) is 15.3. The summed E-state index contributed by atoms with van der Waals surface area (Å²) >= 11 is 0. The van der Waals surface area contributed by atoms with Crippen LogP contribution in [0, 0.1) is 5.82 Å². The lowest BCUT2D eigenvalue weighted by molar-refractivity contribution is -0.166. The van der Waals surface area contributed by atoms with Crippen LogP contribution in [0.4, 0.5) is 36.6 Å². The number of alkyl halides is 6. The molecule has 0 saturated heterocycles. The molecule has 0 radical (unpaired) electrons. The van der Waals surface area contributed by atoms with Crippen molar-refractivity contribution < 1.29 is 49.1 Å². The molecule has 0 atom stereocenters. The van der Waals surface area contributed by atoms with Gasteiger partial charge >= 0.3 is 25.6 Å². The van der Waals surface area contributed by atoms with E-state index < -0.39 is 57.6 Å². The highest BCUT2D eigenvalue weighted by atomic mass is 31.2. The van der Waals surface area contributed by atoms with Crippen LogP contribution in [0.2, 0.25) is 0 Å². The lowest BCUT2D eigenvalue weighted by Crippen LogP contribution is -2.27. The molecule has 30 heavy (non-hydrogen) atoms. The highest BCUT2D eigenvalue weighted by molar-refractivity contribution is 7.53. The minimum absolute atomic E-state index is 0.273. The Hall–Kier alpha value is -1.70. The second-order valence-electron chi connectivity index (χ2n) is 5.77. The first kappa shape index (κ1) is 26.3. The molecule has 0 aliphatic heterocycles. The van der Waals surface area contributed by atoms with Crippen LogP contribution in [-0.2, 0) is 24.9 Å². The largest absolute Gasteiger partial charge is 0.412 e. The van der Waals surface area contributed by atoms with Crippen LogP contribution < -0.4 is 11.0 Å². The molecule has 174 valence electrons. The fraction of sp³-hybridized carbons (Fsp3) is 0.714. The van der Waals surface area contributed by atoms with Crippen molar-refractivity contribution in [1.29, 1.82) is 0 Å². The van der Waals surface area contributed by atoms with Crippen molar-refractivity contribution in [1.82, 2.24) is 9.55 Å². The van der Waals surface area contributed by atoms with Gasteiger partial charge in [-0.1, -0.05) is 6.92 Å². The summed E-state index contributed by atoms with van der Waals surface area (Å²) in [5, 5.41) is 2.59. The Labute approximate surface area is 165 Å². The first-order valence-electron chi connectivity index (χ1n) is 8.35. The number of anilines is 1. The third-order valence-corrected chi connectivity index (χ3v) is 4.61. The van der Waals surface area contributed by atoms with Crippen LogP contribution >= 0.6 is 7.60 Å². The Morgan fingerprint density at radius 2 is 1.70 bits per heavy atom. The Bertz CT molecular complexity index is 763. The van der Waals surface area contributed by atoms with Crippen molar-refractivity contribution in [3.8, 4) is 0 Å². The van der Waals surface area contributed by atoms with E-state index in [1.54, 1.807) is 6.92 Å². The normalized spacial score (nSPS) is 12.9. The summed E-state index contributed by atoms with van der Waals surface area (Å²) in [6.45, 7) is -2.98. The van der Waals surface area contributed by atoms with Gasteiger partial charge in [0.15, 0.2) is 24.8 Å². The quantitative estimate of drug-likeness (QED) is 0.282. The summed E-state index contributed by atoms with van der Waals surface area (Å²) in [5.41, 5.74) is -0.886. The van der Waals surface area contributed by atoms with Crippen LogP contribution in [0.5, 0.6) is 0 Å². The summed E-state index contributed by atoms with van der Waals surface area (Å²) < 4.78 is 113.